The van der Waals surface area contributed by atoms with Gasteiger partial charge < -0.3 is 9.64 Å². The molecule has 3 heterocycles. The van der Waals surface area contributed by atoms with Crippen molar-refractivity contribution in [2.75, 3.05) is 32.8 Å². The zero-order valence-corrected chi connectivity index (χ0v) is 11.8. The smallest absolute Gasteiger partial charge is 0.230 e. The van der Waals surface area contributed by atoms with Crippen LogP contribution in [0.15, 0.2) is 6.33 Å². The van der Waals surface area contributed by atoms with Gasteiger partial charge in [0.2, 0.25) is 5.91 Å². The van der Waals surface area contributed by atoms with E-state index in [-0.39, 0.29) is 5.91 Å². The SMILES string of the molecule is CC1CC(N2CCOCC2)CN1C(=O)Cc1ncn[nH]1. The third-order valence-corrected chi connectivity index (χ3v) is 4.22. The number of morpholine rings is 1. The molecule has 0 aromatic carbocycles. The molecule has 2 saturated heterocycles. The lowest BCUT2D eigenvalue weighted by atomic mass is 10.1. The first-order valence-electron chi connectivity index (χ1n) is 7.19. The van der Waals surface area contributed by atoms with Crippen LogP contribution in [0.3, 0.4) is 0 Å². The van der Waals surface area contributed by atoms with Gasteiger partial charge in [0.05, 0.1) is 19.6 Å². The van der Waals surface area contributed by atoms with E-state index < -0.39 is 0 Å². The van der Waals surface area contributed by atoms with Crippen LogP contribution >= 0.6 is 0 Å². The number of ether oxygens (including phenoxy) is 1. The van der Waals surface area contributed by atoms with Gasteiger partial charge in [0.25, 0.3) is 0 Å². The van der Waals surface area contributed by atoms with E-state index >= 15 is 0 Å². The zero-order valence-electron chi connectivity index (χ0n) is 11.8. The number of carbonyl (C=O) groups excluding carboxylic acids is 1. The molecule has 7 heteroatoms. The molecular formula is C13H21N5O2. The lowest BCUT2D eigenvalue weighted by molar-refractivity contribution is -0.131. The third-order valence-electron chi connectivity index (χ3n) is 4.22. The number of H-pyrrole nitrogens is 1. The van der Waals surface area contributed by atoms with Gasteiger partial charge in [-0.05, 0) is 13.3 Å². The second-order valence-electron chi connectivity index (χ2n) is 5.54. The Morgan fingerprint density at radius 1 is 1.50 bits per heavy atom. The van der Waals surface area contributed by atoms with Crippen molar-refractivity contribution in [3.05, 3.63) is 12.2 Å². The molecule has 20 heavy (non-hydrogen) atoms. The molecule has 2 aliphatic heterocycles. The summed E-state index contributed by atoms with van der Waals surface area (Å²) in [6, 6.07) is 0.755. The predicted octanol–water partition coefficient (Wildman–Crippen LogP) is -0.331. The Labute approximate surface area is 118 Å². The van der Waals surface area contributed by atoms with Gasteiger partial charge >= 0.3 is 0 Å². The molecule has 110 valence electrons. The maximum atomic E-state index is 12.3. The van der Waals surface area contributed by atoms with Gasteiger partial charge in [0.1, 0.15) is 12.2 Å². The molecule has 3 rings (SSSR count). The number of aromatic amines is 1. The predicted molar refractivity (Wildman–Crippen MR) is 72.1 cm³/mol. The second kappa shape index (κ2) is 5.88. The van der Waals surface area contributed by atoms with Crippen molar-refractivity contribution in [2.24, 2.45) is 0 Å². The highest BCUT2D eigenvalue weighted by Crippen LogP contribution is 2.23. The Morgan fingerprint density at radius 3 is 3.00 bits per heavy atom. The minimum atomic E-state index is 0.130. The molecular weight excluding hydrogens is 258 g/mol. The van der Waals surface area contributed by atoms with Crippen molar-refractivity contribution < 1.29 is 9.53 Å². The summed E-state index contributed by atoms with van der Waals surface area (Å²) < 4.78 is 5.39. The van der Waals surface area contributed by atoms with Crippen LogP contribution < -0.4 is 0 Å². The fourth-order valence-electron chi connectivity index (χ4n) is 3.12. The number of hydrogen-bond donors (Lipinski definition) is 1. The minimum Gasteiger partial charge on any atom is -0.379 e. The average molecular weight is 279 g/mol. The fourth-order valence-corrected chi connectivity index (χ4v) is 3.12. The van der Waals surface area contributed by atoms with E-state index in [2.05, 4.69) is 27.0 Å². The van der Waals surface area contributed by atoms with E-state index in [1.54, 1.807) is 0 Å². The number of hydrogen-bond acceptors (Lipinski definition) is 5. The van der Waals surface area contributed by atoms with Crippen molar-refractivity contribution in [2.45, 2.75) is 31.8 Å². The van der Waals surface area contributed by atoms with E-state index in [1.165, 1.54) is 6.33 Å². The van der Waals surface area contributed by atoms with Gasteiger partial charge in [0, 0.05) is 31.7 Å². The lowest BCUT2D eigenvalue weighted by Crippen LogP contribution is -2.45. The monoisotopic (exact) mass is 279 g/mol. The quantitative estimate of drug-likeness (QED) is 0.820. The first-order valence-corrected chi connectivity index (χ1v) is 7.19. The second-order valence-corrected chi connectivity index (χ2v) is 5.54. The molecule has 0 bridgehead atoms. The van der Waals surface area contributed by atoms with Crippen LogP contribution in [0.25, 0.3) is 0 Å². The molecule has 1 amide bonds. The Kier molecular flexibility index (Phi) is 3.98. The van der Waals surface area contributed by atoms with Crippen molar-refractivity contribution in [3.63, 3.8) is 0 Å². The summed E-state index contributed by atoms with van der Waals surface area (Å²) in [6.45, 7) is 6.49. The van der Waals surface area contributed by atoms with Crippen molar-refractivity contribution in [3.8, 4) is 0 Å². The van der Waals surface area contributed by atoms with Crippen LogP contribution in [0, 0.1) is 0 Å². The summed E-state index contributed by atoms with van der Waals surface area (Å²) in [5, 5.41) is 6.53. The Morgan fingerprint density at radius 2 is 2.30 bits per heavy atom. The van der Waals surface area contributed by atoms with Gasteiger partial charge in [-0.3, -0.25) is 14.8 Å². The molecule has 0 saturated carbocycles. The number of nitrogens with zero attached hydrogens (tertiary/aromatic N) is 4. The molecule has 0 spiro atoms. The van der Waals surface area contributed by atoms with Crippen LogP contribution in [-0.4, -0.2) is 75.8 Å². The third kappa shape index (κ3) is 2.83. The first-order chi connectivity index (χ1) is 9.74. The maximum absolute atomic E-state index is 12.3. The number of carbonyl (C=O) groups is 1. The Bertz CT molecular complexity index is 444. The number of nitrogens with one attached hydrogen (secondary N) is 1. The molecule has 2 aliphatic rings. The highest BCUT2D eigenvalue weighted by molar-refractivity contribution is 5.78. The molecule has 0 radical (unpaired) electrons. The van der Waals surface area contributed by atoms with E-state index in [4.69, 9.17) is 4.74 Å². The van der Waals surface area contributed by atoms with Crippen LogP contribution in [0.1, 0.15) is 19.2 Å². The fraction of sp³-hybridized carbons (Fsp3) is 0.769. The molecule has 2 atom stereocenters. The van der Waals surface area contributed by atoms with E-state index in [1.807, 2.05) is 4.90 Å². The van der Waals surface area contributed by atoms with Gasteiger partial charge in [-0.15, -0.1) is 0 Å². The highest BCUT2D eigenvalue weighted by Gasteiger charge is 2.35. The summed E-state index contributed by atoms with van der Waals surface area (Å²) in [7, 11) is 0. The Balaban J connectivity index is 1.58. The maximum Gasteiger partial charge on any atom is 0.230 e. The molecule has 2 fully saturated rings. The normalized spacial score (nSPS) is 27.9. The van der Waals surface area contributed by atoms with Crippen LogP contribution in [-0.2, 0) is 16.0 Å². The number of aromatic nitrogens is 3. The largest absolute Gasteiger partial charge is 0.379 e. The van der Waals surface area contributed by atoms with Gasteiger partial charge in [-0.2, -0.15) is 5.10 Å². The van der Waals surface area contributed by atoms with Crippen molar-refractivity contribution in [1.29, 1.82) is 0 Å². The van der Waals surface area contributed by atoms with Gasteiger partial charge in [-0.1, -0.05) is 0 Å². The number of amides is 1. The topological polar surface area (TPSA) is 74.3 Å². The first kappa shape index (κ1) is 13.5. The average Bonchev–Trinajstić information content (AvgIpc) is 3.09. The lowest BCUT2D eigenvalue weighted by Gasteiger charge is -2.32. The highest BCUT2D eigenvalue weighted by atomic mass is 16.5. The molecule has 7 nitrogen and oxygen atoms in total. The van der Waals surface area contributed by atoms with Crippen LogP contribution in [0.2, 0.25) is 0 Å². The molecule has 2 unspecified atom stereocenters. The van der Waals surface area contributed by atoms with E-state index in [0.717, 1.165) is 39.3 Å². The van der Waals surface area contributed by atoms with E-state index in [0.29, 0.717) is 24.3 Å². The number of likely N-dealkylation sites (tertiary alicyclic amines) is 1. The molecule has 1 aromatic heterocycles. The van der Waals surface area contributed by atoms with Gasteiger partial charge in [0.15, 0.2) is 0 Å². The summed E-state index contributed by atoms with van der Waals surface area (Å²) in [4.78, 5) is 20.8. The van der Waals surface area contributed by atoms with Crippen molar-refractivity contribution in [1.82, 2.24) is 25.0 Å². The summed E-state index contributed by atoms with van der Waals surface area (Å²) >= 11 is 0. The Hall–Kier alpha value is -1.47. The van der Waals surface area contributed by atoms with Crippen molar-refractivity contribution >= 4 is 5.91 Å². The standard InChI is InChI=1S/C13H21N5O2/c1-10-6-11(17-2-4-20-5-3-17)8-18(10)13(19)7-12-14-9-15-16-12/h9-11H,2-8H2,1H3,(H,14,15,16). The molecule has 1 aromatic rings. The summed E-state index contributed by atoms with van der Waals surface area (Å²) in [6.07, 6.45) is 2.79. The summed E-state index contributed by atoms with van der Waals surface area (Å²) in [5.41, 5.74) is 0. The summed E-state index contributed by atoms with van der Waals surface area (Å²) in [5.74, 6) is 0.766. The zero-order chi connectivity index (χ0) is 13.9. The van der Waals surface area contributed by atoms with Crippen LogP contribution in [0.4, 0.5) is 0 Å². The number of rotatable bonds is 3. The molecule has 1 N–H and O–H groups in total. The minimum absolute atomic E-state index is 0.130. The molecule has 0 aliphatic carbocycles. The van der Waals surface area contributed by atoms with E-state index in [9.17, 15) is 4.79 Å². The van der Waals surface area contributed by atoms with Gasteiger partial charge in [-0.25, -0.2) is 4.98 Å². The van der Waals surface area contributed by atoms with Crippen LogP contribution in [0.5, 0.6) is 0 Å².